The number of aryl methyl sites for hydroxylation is 2. The van der Waals surface area contributed by atoms with Crippen LogP contribution in [0.4, 0.5) is 0 Å². The fraction of sp³-hybridized carbons (Fsp3) is 0.133. The Labute approximate surface area is 111 Å². The van der Waals surface area contributed by atoms with E-state index >= 15 is 0 Å². The number of benzene rings is 2. The number of halogens is 1. The Morgan fingerprint density at radius 1 is 1.11 bits per heavy atom. The van der Waals surface area contributed by atoms with Gasteiger partial charge in [-0.1, -0.05) is 23.7 Å². The smallest absolute Gasteiger partial charge is 0.335 e. The molecule has 2 aromatic rings. The van der Waals surface area contributed by atoms with Gasteiger partial charge in [-0.3, -0.25) is 0 Å². The molecular formula is C15H13ClO2. The van der Waals surface area contributed by atoms with Gasteiger partial charge in [0, 0.05) is 5.02 Å². The highest BCUT2D eigenvalue weighted by Crippen LogP contribution is 2.29. The van der Waals surface area contributed by atoms with Crippen LogP contribution in [0.2, 0.25) is 5.02 Å². The Bertz CT molecular complexity index is 618. The van der Waals surface area contributed by atoms with E-state index in [4.69, 9.17) is 16.7 Å². The van der Waals surface area contributed by atoms with Crippen LogP contribution in [0.15, 0.2) is 36.4 Å². The molecule has 0 fully saturated rings. The second-order valence-corrected chi connectivity index (χ2v) is 4.71. The molecule has 0 aliphatic heterocycles. The van der Waals surface area contributed by atoms with Gasteiger partial charge in [0.05, 0.1) is 5.56 Å². The van der Waals surface area contributed by atoms with Crippen LogP contribution < -0.4 is 0 Å². The summed E-state index contributed by atoms with van der Waals surface area (Å²) in [5, 5.41) is 9.73. The third-order valence-electron chi connectivity index (χ3n) is 2.93. The summed E-state index contributed by atoms with van der Waals surface area (Å²) in [5.41, 5.74) is 4.22. The lowest BCUT2D eigenvalue weighted by molar-refractivity contribution is 0.0697. The molecule has 0 aliphatic carbocycles. The molecule has 2 aromatic carbocycles. The van der Waals surface area contributed by atoms with Gasteiger partial charge in [-0.2, -0.15) is 0 Å². The minimum Gasteiger partial charge on any atom is -0.478 e. The van der Waals surface area contributed by atoms with Crippen molar-refractivity contribution >= 4 is 17.6 Å². The summed E-state index contributed by atoms with van der Waals surface area (Å²) >= 11 is 6.06. The molecule has 0 radical (unpaired) electrons. The molecule has 0 bridgehead atoms. The number of carboxylic acid groups (broad SMARTS) is 1. The quantitative estimate of drug-likeness (QED) is 0.873. The van der Waals surface area contributed by atoms with Crippen molar-refractivity contribution in [2.24, 2.45) is 0 Å². The molecule has 1 N–H and O–H groups in total. The fourth-order valence-electron chi connectivity index (χ4n) is 1.91. The lowest BCUT2D eigenvalue weighted by Gasteiger charge is -2.09. The van der Waals surface area contributed by atoms with Crippen LogP contribution in [-0.4, -0.2) is 11.1 Å². The SMILES string of the molecule is Cc1cc(-c2cccc(C(=O)O)c2)c(C)cc1Cl. The first-order valence-corrected chi connectivity index (χ1v) is 5.97. The maximum absolute atomic E-state index is 11.0. The van der Waals surface area contributed by atoms with E-state index < -0.39 is 5.97 Å². The highest BCUT2D eigenvalue weighted by Gasteiger charge is 2.08. The molecule has 2 nitrogen and oxygen atoms in total. The average Bonchev–Trinajstić information content (AvgIpc) is 2.34. The van der Waals surface area contributed by atoms with Crippen LogP contribution in [0, 0.1) is 13.8 Å². The lowest BCUT2D eigenvalue weighted by atomic mass is 9.97. The summed E-state index contributed by atoms with van der Waals surface area (Å²) < 4.78 is 0. The number of carboxylic acids is 1. The maximum Gasteiger partial charge on any atom is 0.335 e. The monoisotopic (exact) mass is 260 g/mol. The van der Waals surface area contributed by atoms with Gasteiger partial charge >= 0.3 is 5.97 Å². The topological polar surface area (TPSA) is 37.3 Å². The molecule has 0 spiro atoms. The zero-order valence-corrected chi connectivity index (χ0v) is 11.0. The van der Waals surface area contributed by atoms with Crippen molar-refractivity contribution in [1.82, 2.24) is 0 Å². The van der Waals surface area contributed by atoms with Gasteiger partial charge in [0.2, 0.25) is 0 Å². The summed E-state index contributed by atoms with van der Waals surface area (Å²) in [4.78, 5) is 11.0. The van der Waals surface area contributed by atoms with Crippen LogP contribution in [-0.2, 0) is 0 Å². The first-order valence-electron chi connectivity index (χ1n) is 5.59. The van der Waals surface area contributed by atoms with E-state index in [0.29, 0.717) is 5.56 Å². The molecule has 92 valence electrons. The van der Waals surface area contributed by atoms with Crippen molar-refractivity contribution in [2.45, 2.75) is 13.8 Å². The largest absolute Gasteiger partial charge is 0.478 e. The molecule has 0 saturated carbocycles. The summed E-state index contributed by atoms with van der Waals surface area (Å²) in [6.07, 6.45) is 0. The van der Waals surface area contributed by atoms with Crippen molar-refractivity contribution in [2.75, 3.05) is 0 Å². The standard InChI is InChI=1S/C15H13ClO2/c1-9-7-14(16)10(2)6-13(9)11-4-3-5-12(8-11)15(17)18/h3-8H,1-2H3,(H,17,18). The Morgan fingerprint density at radius 2 is 1.83 bits per heavy atom. The van der Waals surface area contributed by atoms with Crippen molar-refractivity contribution in [3.8, 4) is 11.1 Å². The molecule has 0 aromatic heterocycles. The molecule has 0 atom stereocenters. The number of carbonyl (C=O) groups is 1. The van der Waals surface area contributed by atoms with Crippen LogP contribution in [0.3, 0.4) is 0 Å². The molecule has 0 amide bonds. The Hall–Kier alpha value is -1.80. The molecule has 0 unspecified atom stereocenters. The second kappa shape index (κ2) is 4.83. The molecule has 0 saturated heterocycles. The van der Waals surface area contributed by atoms with Gasteiger partial charge in [0.1, 0.15) is 0 Å². The third kappa shape index (κ3) is 2.39. The average molecular weight is 261 g/mol. The predicted octanol–water partition coefficient (Wildman–Crippen LogP) is 4.32. The Balaban J connectivity index is 2.58. The number of hydrogen-bond donors (Lipinski definition) is 1. The number of aromatic carboxylic acids is 1. The van der Waals surface area contributed by atoms with Gasteiger partial charge in [-0.05, 0) is 60.4 Å². The predicted molar refractivity (Wildman–Crippen MR) is 73.3 cm³/mol. The van der Waals surface area contributed by atoms with E-state index in [2.05, 4.69) is 0 Å². The lowest BCUT2D eigenvalue weighted by Crippen LogP contribution is -1.96. The molecular weight excluding hydrogens is 248 g/mol. The summed E-state index contributed by atoms with van der Waals surface area (Å²) in [5.74, 6) is -0.916. The fourth-order valence-corrected chi connectivity index (χ4v) is 2.13. The van der Waals surface area contributed by atoms with E-state index in [-0.39, 0.29) is 0 Å². The highest BCUT2D eigenvalue weighted by atomic mass is 35.5. The van der Waals surface area contributed by atoms with E-state index in [1.54, 1.807) is 18.2 Å². The maximum atomic E-state index is 11.0. The van der Waals surface area contributed by atoms with Gasteiger partial charge in [-0.25, -0.2) is 4.79 Å². The molecule has 0 aliphatic rings. The summed E-state index contributed by atoms with van der Waals surface area (Å²) in [6, 6.07) is 10.8. The zero-order valence-electron chi connectivity index (χ0n) is 10.2. The van der Waals surface area contributed by atoms with E-state index in [0.717, 1.165) is 27.3 Å². The van der Waals surface area contributed by atoms with Crippen molar-refractivity contribution < 1.29 is 9.90 Å². The minimum absolute atomic E-state index is 0.291. The molecule has 0 heterocycles. The number of hydrogen-bond acceptors (Lipinski definition) is 1. The highest BCUT2D eigenvalue weighted by molar-refractivity contribution is 6.31. The van der Waals surface area contributed by atoms with Crippen LogP contribution in [0.25, 0.3) is 11.1 Å². The van der Waals surface area contributed by atoms with Crippen LogP contribution in [0.5, 0.6) is 0 Å². The minimum atomic E-state index is -0.916. The van der Waals surface area contributed by atoms with Crippen LogP contribution in [0.1, 0.15) is 21.5 Å². The summed E-state index contributed by atoms with van der Waals surface area (Å²) in [7, 11) is 0. The molecule has 18 heavy (non-hydrogen) atoms. The van der Waals surface area contributed by atoms with Crippen molar-refractivity contribution in [3.63, 3.8) is 0 Å². The summed E-state index contributed by atoms with van der Waals surface area (Å²) in [6.45, 7) is 3.90. The van der Waals surface area contributed by atoms with E-state index in [9.17, 15) is 4.79 Å². The van der Waals surface area contributed by atoms with Crippen molar-refractivity contribution in [3.05, 3.63) is 58.1 Å². The van der Waals surface area contributed by atoms with Gasteiger partial charge in [0.25, 0.3) is 0 Å². The van der Waals surface area contributed by atoms with Gasteiger partial charge in [-0.15, -0.1) is 0 Å². The first-order chi connectivity index (χ1) is 8.49. The van der Waals surface area contributed by atoms with Gasteiger partial charge < -0.3 is 5.11 Å². The Morgan fingerprint density at radius 3 is 2.50 bits per heavy atom. The van der Waals surface area contributed by atoms with Crippen molar-refractivity contribution in [1.29, 1.82) is 0 Å². The zero-order chi connectivity index (χ0) is 13.3. The molecule has 2 rings (SSSR count). The van der Waals surface area contributed by atoms with Crippen LogP contribution >= 0.6 is 11.6 Å². The number of rotatable bonds is 2. The first kappa shape index (κ1) is 12.7. The normalized spacial score (nSPS) is 10.4. The second-order valence-electron chi connectivity index (χ2n) is 4.30. The third-order valence-corrected chi connectivity index (χ3v) is 3.33. The van der Waals surface area contributed by atoms with Gasteiger partial charge in [0.15, 0.2) is 0 Å². The Kier molecular flexibility index (Phi) is 3.39. The van der Waals surface area contributed by atoms with E-state index in [1.807, 2.05) is 32.0 Å². The van der Waals surface area contributed by atoms with E-state index in [1.165, 1.54) is 0 Å². The molecule has 3 heteroatoms.